The number of likely N-dealkylation sites (tertiary alicyclic amines) is 1. The Hall–Kier alpha value is -1.33. The first-order valence-electron chi connectivity index (χ1n) is 7.23. The predicted molar refractivity (Wildman–Crippen MR) is 84.0 cm³/mol. The molecule has 0 radical (unpaired) electrons. The standard InChI is InChI=1S/C15H22ClN3O2/c1-4-17-13-9-11(8-12(16)18-13)14(20)19-7-5-6-15(2,10-19)21-3/h8-9H,4-7,10H2,1-3H3,(H,17,18). The van der Waals surface area contributed by atoms with Crippen molar-refractivity contribution in [1.82, 2.24) is 9.88 Å². The molecule has 1 amide bonds. The van der Waals surface area contributed by atoms with Crippen molar-refractivity contribution in [1.29, 1.82) is 0 Å². The lowest BCUT2D eigenvalue weighted by Gasteiger charge is -2.39. The van der Waals surface area contributed by atoms with Gasteiger partial charge in [0.2, 0.25) is 0 Å². The molecule has 0 spiro atoms. The van der Waals surface area contributed by atoms with Crippen LogP contribution in [0.4, 0.5) is 5.82 Å². The number of hydrogen-bond acceptors (Lipinski definition) is 4. The maximum Gasteiger partial charge on any atom is 0.254 e. The number of methoxy groups -OCH3 is 1. The Morgan fingerprint density at radius 1 is 1.57 bits per heavy atom. The highest BCUT2D eigenvalue weighted by Gasteiger charge is 2.33. The lowest BCUT2D eigenvalue weighted by Crippen LogP contribution is -2.49. The highest BCUT2D eigenvalue weighted by atomic mass is 35.5. The van der Waals surface area contributed by atoms with Gasteiger partial charge in [-0.15, -0.1) is 0 Å². The maximum absolute atomic E-state index is 12.7. The van der Waals surface area contributed by atoms with E-state index >= 15 is 0 Å². The first-order chi connectivity index (χ1) is 9.97. The number of ether oxygens (including phenoxy) is 1. The first-order valence-corrected chi connectivity index (χ1v) is 7.61. The molecule has 1 fully saturated rings. The van der Waals surface area contributed by atoms with Crippen LogP contribution < -0.4 is 5.32 Å². The Balaban J connectivity index is 2.19. The Morgan fingerprint density at radius 2 is 2.33 bits per heavy atom. The zero-order valence-electron chi connectivity index (χ0n) is 12.8. The van der Waals surface area contributed by atoms with Gasteiger partial charge in [0.05, 0.1) is 5.60 Å². The quantitative estimate of drug-likeness (QED) is 0.869. The van der Waals surface area contributed by atoms with Crippen LogP contribution >= 0.6 is 11.6 Å². The number of nitrogens with zero attached hydrogens (tertiary/aromatic N) is 2. The average molecular weight is 312 g/mol. The van der Waals surface area contributed by atoms with Gasteiger partial charge >= 0.3 is 0 Å². The Morgan fingerprint density at radius 3 is 3.00 bits per heavy atom. The van der Waals surface area contributed by atoms with E-state index in [-0.39, 0.29) is 11.5 Å². The van der Waals surface area contributed by atoms with E-state index in [9.17, 15) is 4.79 Å². The van der Waals surface area contributed by atoms with Gasteiger partial charge in [0.15, 0.2) is 0 Å². The summed E-state index contributed by atoms with van der Waals surface area (Å²) in [7, 11) is 1.69. The molecule has 21 heavy (non-hydrogen) atoms. The van der Waals surface area contributed by atoms with Gasteiger partial charge in [0.1, 0.15) is 11.0 Å². The van der Waals surface area contributed by atoms with Crippen molar-refractivity contribution < 1.29 is 9.53 Å². The van der Waals surface area contributed by atoms with Gasteiger partial charge in [-0.1, -0.05) is 11.6 Å². The molecule has 1 aromatic heterocycles. The lowest BCUT2D eigenvalue weighted by atomic mass is 9.94. The van der Waals surface area contributed by atoms with Crippen molar-refractivity contribution in [2.45, 2.75) is 32.3 Å². The van der Waals surface area contributed by atoms with Crippen LogP contribution in [0.25, 0.3) is 0 Å². The summed E-state index contributed by atoms with van der Waals surface area (Å²) >= 11 is 6.01. The van der Waals surface area contributed by atoms with E-state index in [0.29, 0.717) is 23.1 Å². The minimum absolute atomic E-state index is 0.0265. The van der Waals surface area contributed by atoms with Crippen molar-refractivity contribution in [3.63, 3.8) is 0 Å². The summed E-state index contributed by atoms with van der Waals surface area (Å²) < 4.78 is 5.54. The Bertz CT molecular complexity index is 524. The third-order valence-electron chi connectivity index (χ3n) is 3.84. The summed E-state index contributed by atoms with van der Waals surface area (Å²) in [6, 6.07) is 3.36. The van der Waals surface area contributed by atoms with Crippen molar-refractivity contribution in [2.75, 3.05) is 32.1 Å². The summed E-state index contributed by atoms with van der Waals surface area (Å²) in [5, 5.41) is 3.41. The van der Waals surface area contributed by atoms with Gasteiger partial charge in [-0.2, -0.15) is 0 Å². The molecule has 6 heteroatoms. The summed E-state index contributed by atoms with van der Waals surface area (Å²) in [5.41, 5.74) is 0.293. The van der Waals surface area contributed by atoms with Crippen LogP contribution in [0.1, 0.15) is 37.0 Å². The molecule has 2 rings (SSSR count). The van der Waals surface area contributed by atoms with E-state index in [4.69, 9.17) is 16.3 Å². The molecule has 1 aliphatic heterocycles. The first kappa shape index (κ1) is 16.0. The fraction of sp³-hybridized carbons (Fsp3) is 0.600. The Kier molecular flexibility index (Phi) is 5.06. The molecule has 1 saturated heterocycles. The number of hydrogen-bond donors (Lipinski definition) is 1. The van der Waals surface area contributed by atoms with Crippen LogP contribution in [0.15, 0.2) is 12.1 Å². The van der Waals surface area contributed by atoms with Crippen molar-refractivity contribution in [3.05, 3.63) is 22.8 Å². The number of anilines is 1. The van der Waals surface area contributed by atoms with Crippen LogP contribution in [0.2, 0.25) is 5.15 Å². The van der Waals surface area contributed by atoms with Gasteiger partial charge in [0, 0.05) is 32.3 Å². The normalized spacial score (nSPS) is 22.2. The summed E-state index contributed by atoms with van der Waals surface area (Å²) in [4.78, 5) is 18.7. The second-order valence-corrected chi connectivity index (χ2v) is 5.97. The molecule has 0 aromatic carbocycles. The number of amides is 1. The van der Waals surface area contributed by atoms with E-state index in [1.807, 2.05) is 18.7 Å². The molecule has 1 N–H and O–H groups in total. The topological polar surface area (TPSA) is 54.5 Å². The molecule has 1 atom stereocenters. The lowest BCUT2D eigenvalue weighted by molar-refractivity contribution is -0.0440. The molecular formula is C15H22ClN3O2. The number of nitrogens with one attached hydrogen (secondary N) is 1. The molecule has 1 aliphatic rings. The minimum atomic E-state index is -0.269. The van der Waals surface area contributed by atoms with E-state index in [1.54, 1.807) is 19.2 Å². The highest BCUT2D eigenvalue weighted by molar-refractivity contribution is 6.29. The number of aromatic nitrogens is 1. The SMILES string of the molecule is CCNc1cc(C(=O)N2CCCC(C)(OC)C2)cc(Cl)n1. The van der Waals surface area contributed by atoms with E-state index in [2.05, 4.69) is 10.3 Å². The van der Waals surface area contributed by atoms with Gasteiger partial charge in [0.25, 0.3) is 5.91 Å². The van der Waals surface area contributed by atoms with E-state index in [0.717, 1.165) is 25.9 Å². The Labute approximate surface area is 130 Å². The molecule has 0 aliphatic carbocycles. The van der Waals surface area contributed by atoms with Gasteiger partial charge in [-0.05, 0) is 38.8 Å². The summed E-state index contributed by atoms with van der Waals surface area (Å²) in [6.45, 7) is 6.08. The van der Waals surface area contributed by atoms with Crippen molar-refractivity contribution in [2.24, 2.45) is 0 Å². The van der Waals surface area contributed by atoms with Crippen LogP contribution in [0.5, 0.6) is 0 Å². The zero-order valence-corrected chi connectivity index (χ0v) is 13.5. The fourth-order valence-corrected chi connectivity index (χ4v) is 2.83. The average Bonchev–Trinajstić information content (AvgIpc) is 2.46. The maximum atomic E-state index is 12.7. The second kappa shape index (κ2) is 6.62. The number of halogens is 1. The third-order valence-corrected chi connectivity index (χ3v) is 4.03. The molecule has 1 unspecified atom stereocenters. The molecule has 2 heterocycles. The number of pyridine rings is 1. The predicted octanol–water partition coefficient (Wildman–Crippen LogP) is 2.81. The number of carbonyl (C=O) groups excluding carboxylic acids is 1. The third kappa shape index (κ3) is 3.86. The zero-order chi connectivity index (χ0) is 15.5. The number of rotatable bonds is 4. The van der Waals surface area contributed by atoms with E-state index < -0.39 is 0 Å². The summed E-state index contributed by atoms with van der Waals surface area (Å²) in [6.07, 6.45) is 1.90. The van der Waals surface area contributed by atoms with Crippen LogP contribution in [0, 0.1) is 0 Å². The molecule has 1 aromatic rings. The molecule has 0 saturated carbocycles. The number of piperidine rings is 1. The molecular weight excluding hydrogens is 290 g/mol. The van der Waals surface area contributed by atoms with Gasteiger partial charge in [-0.3, -0.25) is 4.79 Å². The fourth-order valence-electron chi connectivity index (χ4n) is 2.62. The highest BCUT2D eigenvalue weighted by Crippen LogP contribution is 2.26. The number of carbonyl (C=O) groups is 1. The van der Waals surface area contributed by atoms with Crippen molar-refractivity contribution >= 4 is 23.3 Å². The molecule has 0 bridgehead atoms. The van der Waals surface area contributed by atoms with Crippen LogP contribution in [-0.4, -0.2) is 48.1 Å². The minimum Gasteiger partial charge on any atom is -0.377 e. The molecule has 116 valence electrons. The largest absolute Gasteiger partial charge is 0.377 e. The van der Waals surface area contributed by atoms with Crippen LogP contribution in [0.3, 0.4) is 0 Å². The van der Waals surface area contributed by atoms with Crippen molar-refractivity contribution in [3.8, 4) is 0 Å². The smallest absolute Gasteiger partial charge is 0.254 e. The summed E-state index contributed by atoms with van der Waals surface area (Å²) in [5.74, 6) is 0.598. The van der Waals surface area contributed by atoms with E-state index in [1.165, 1.54) is 0 Å². The monoisotopic (exact) mass is 311 g/mol. The van der Waals surface area contributed by atoms with Gasteiger partial charge < -0.3 is 15.0 Å². The van der Waals surface area contributed by atoms with Crippen LogP contribution in [-0.2, 0) is 4.74 Å². The van der Waals surface area contributed by atoms with Gasteiger partial charge in [-0.25, -0.2) is 4.98 Å². The molecule has 5 nitrogen and oxygen atoms in total. The second-order valence-electron chi connectivity index (χ2n) is 5.58.